The van der Waals surface area contributed by atoms with Gasteiger partial charge in [0.15, 0.2) is 0 Å². The fraction of sp³-hybridized carbons (Fsp3) is 0.500. The first-order chi connectivity index (χ1) is 7.51. The van der Waals surface area contributed by atoms with Crippen LogP contribution < -0.4 is 0 Å². The molecule has 0 N–H and O–H groups in total. The van der Waals surface area contributed by atoms with E-state index >= 15 is 0 Å². The van der Waals surface area contributed by atoms with Gasteiger partial charge in [-0.1, -0.05) is 13.8 Å². The van der Waals surface area contributed by atoms with Crippen molar-refractivity contribution >= 4 is 11.9 Å². The normalized spacial score (nSPS) is 12.8. The van der Waals surface area contributed by atoms with Gasteiger partial charge in [-0.05, 0) is 11.8 Å². The molecule has 0 fully saturated rings. The lowest BCUT2D eigenvalue weighted by Crippen LogP contribution is -2.22. The number of rotatable bonds is 5. The first-order valence-electron chi connectivity index (χ1n) is 4.78. The molecule has 0 saturated carbocycles. The monoisotopic (exact) mass is 222 g/mol. The van der Waals surface area contributed by atoms with Crippen LogP contribution in [-0.2, 0) is 19.1 Å². The molecular formula is C12H14O4. The van der Waals surface area contributed by atoms with E-state index < -0.39 is 11.9 Å². The molecule has 0 aromatic carbocycles. The van der Waals surface area contributed by atoms with Crippen molar-refractivity contribution in [1.29, 1.82) is 0 Å². The molecule has 0 unspecified atom stereocenters. The molecule has 0 bridgehead atoms. The fourth-order valence-corrected chi connectivity index (χ4v) is 0.826. The molecule has 0 aromatic rings. The highest BCUT2D eigenvalue weighted by Crippen LogP contribution is 2.11. The average molecular weight is 222 g/mol. The molecule has 2 atom stereocenters. The molecule has 86 valence electrons. The van der Waals surface area contributed by atoms with Crippen molar-refractivity contribution in [3.8, 4) is 24.7 Å². The smallest absolute Gasteiger partial charge is 0.384 e. The molecule has 0 spiro atoms. The maximum absolute atomic E-state index is 10.7. The lowest BCUT2D eigenvalue weighted by atomic mass is 9.98. The maximum Gasteiger partial charge on any atom is 0.384 e. The number of carbonyl (C=O) groups is 2. The van der Waals surface area contributed by atoms with Gasteiger partial charge in [-0.25, -0.2) is 9.59 Å². The standard InChI is InChI=1S/C12H14O4/c1-5-11(13)15-7-9(3)10(4)8-16-12(14)6-2/h1-2,9-10H,7-8H2,3-4H3/t9-,10+. The van der Waals surface area contributed by atoms with E-state index in [0.717, 1.165) is 0 Å². The first-order valence-corrected chi connectivity index (χ1v) is 4.78. The van der Waals surface area contributed by atoms with E-state index in [-0.39, 0.29) is 25.0 Å². The highest BCUT2D eigenvalue weighted by atomic mass is 16.5. The Bertz CT molecular complexity index is 298. The molecule has 4 heteroatoms. The predicted molar refractivity (Wildman–Crippen MR) is 57.9 cm³/mol. The first kappa shape index (κ1) is 14.1. The van der Waals surface area contributed by atoms with Crippen LogP contribution in [0.5, 0.6) is 0 Å². The number of ether oxygens (including phenoxy) is 2. The SMILES string of the molecule is C#CC(=O)OC[C@@H](C)[C@@H](C)COC(=O)C#C. The summed E-state index contributed by atoms with van der Waals surface area (Å²) in [5.41, 5.74) is 0. The summed E-state index contributed by atoms with van der Waals surface area (Å²) in [4.78, 5) is 21.4. The van der Waals surface area contributed by atoms with Crippen LogP contribution in [0.2, 0.25) is 0 Å². The molecule has 0 aliphatic carbocycles. The molecule has 16 heavy (non-hydrogen) atoms. The molecule has 0 amide bonds. The summed E-state index contributed by atoms with van der Waals surface area (Å²) in [6, 6.07) is 0. The van der Waals surface area contributed by atoms with Crippen molar-refractivity contribution in [2.45, 2.75) is 13.8 Å². The Morgan fingerprint density at radius 3 is 1.56 bits per heavy atom. The van der Waals surface area contributed by atoms with Crippen LogP contribution in [0.25, 0.3) is 0 Å². The van der Waals surface area contributed by atoms with E-state index in [1.54, 1.807) is 0 Å². The minimum Gasteiger partial charge on any atom is -0.456 e. The van der Waals surface area contributed by atoms with Crippen LogP contribution in [0.4, 0.5) is 0 Å². The molecule has 0 rings (SSSR count). The van der Waals surface area contributed by atoms with E-state index in [9.17, 15) is 9.59 Å². The molecule has 0 aromatic heterocycles. The summed E-state index contributed by atoms with van der Waals surface area (Å²) in [6.45, 7) is 4.10. The van der Waals surface area contributed by atoms with Crippen LogP contribution in [0.1, 0.15) is 13.8 Å². The number of terminal acetylenes is 2. The minimum atomic E-state index is -0.695. The molecule has 0 heterocycles. The third-order valence-electron chi connectivity index (χ3n) is 2.16. The Labute approximate surface area is 95.3 Å². The summed E-state index contributed by atoms with van der Waals surface area (Å²) in [7, 11) is 0. The summed E-state index contributed by atoms with van der Waals surface area (Å²) in [5, 5.41) is 0. The second-order valence-electron chi connectivity index (χ2n) is 3.44. The van der Waals surface area contributed by atoms with Crippen LogP contribution in [-0.4, -0.2) is 25.2 Å². The lowest BCUT2D eigenvalue weighted by molar-refractivity contribution is -0.142. The number of hydrogen-bond donors (Lipinski definition) is 0. The van der Waals surface area contributed by atoms with Crippen LogP contribution in [0.15, 0.2) is 0 Å². The molecule has 0 saturated heterocycles. The van der Waals surface area contributed by atoms with E-state index in [0.29, 0.717) is 0 Å². The predicted octanol–water partition coefficient (Wildman–Crippen LogP) is 0.611. The zero-order valence-corrected chi connectivity index (χ0v) is 9.36. The Morgan fingerprint density at radius 2 is 1.31 bits per heavy atom. The van der Waals surface area contributed by atoms with Gasteiger partial charge in [0.2, 0.25) is 0 Å². The van der Waals surface area contributed by atoms with Gasteiger partial charge in [-0.15, -0.1) is 12.8 Å². The van der Waals surface area contributed by atoms with Gasteiger partial charge in [0.25, 0.3) is 0 Å². The Morgan fingerprint density at radius 1 is 1.00 bits per heavy atom. The molecule has 4 nitrogen and oxygen atoms in total. The highest BCUT2D eigenvalue weighted by molar-refractivity contribution is 5.87. The van der Waals surface area contributed by atoms with Gasteiger partial charge < -0.3 is 9.47 Å². The van der Waals surface area contributed by atoms with Crippen LogP contribution in [0, 0.1) is 36.5 Å². The van der Waals surface area contributed by atoms with E-state index in [4.69, 9.17) is 22.3 Å². The number of carbonyl (C=O) groups excluding carboxylic acids is 2. The molecule has 0 aliphatic rings. The largest absolute Gasteiger partial charge is 0.456 e. The molecule has 0 aliphatic heterocycles. The molecule has 0 radical (unpaired) electrons. The zero-order chi connectivity index (χ0) is 12.6. The number of esters is 2. The quantitative estimate of drug-likeness (QED) is 0.388. The van der Waals surface area contributed by atoms with Crippen LogP contribution >= 0.6 is 0 Å². The summed E-state index contributed by atoms with van der Waals surface area (Å²) in [6.07, 6.45) is 9.67. The van der Waals surface area contributed by atoms with Gasteiger partial charge in [0, 0.05) is 11.8 Å². The van der Waals surface area contributed by atoms with Crippen molar-refractivity contribution in [2.24, 2.45) is 11.8 Å². The van der Waals surface area contributed by atoms with Crippen molar-refractivity contribution in [2.75, 3.05) is 13.2 Å². The van der Waals surface area contributed by atoms with Crippen LogP contribution in [0.3, 0.4) is 0 Å². The van der Waals surface area contributed by atoms with Gasteiger partial charge in [0.1, 0.15) is 0 Å². The van der Waals surface area contributed by atoms with Crippen molar-refractivity contribution < 1.29 is 19.1 Å². The third-order valence-corrected chi connectivity index (χ3v) is 2.16. The second kappa shape index (κ2) is 7.36. The van der Waals surface area contributed by atoms with Crippen molar-refractivity contribution in [3.63, 3.8) is 0 Å². The average Bonchev–Trinajstić information content (AvgIpc) is 2.31. The van der Waals surface area contributed by atoms with E-state index in [1.807, 2.05) is 25.7 Å². The zero-order valence-electron chi connectivity index (χ0n) is 9.36. The van der Waals surface area contributed by atoms with Gasteiger partial charge in [-0.2, -0.15) is 0 Å². The topological polar surface area (TPSA) is 52.6 Å². The second-order valence-corrected chi connectivity index (χ2v) is 3.44. The van der Waals surface area contributed by atoms with Gasteiger partial charge >= 0.3 is 11.9 Å². The lowest BCUT2D eigenvalue weighted by Gasteiger charge is -2.18. The maximum atomic E-state index is 10.7. The third kappa shape index (κ3) is 5.72. The summed E-state index contributed by atoms with van der Waals surface area (Å²) >= 11 is 0. The van der Waals surface area contributed by atoms with Crippen molar-refractivity contribution in [3.05, 3.63) is 0 Å². The number of hydrogen-bond acceptors (Lipinski definition) is 4. The minimum absolute atomic E-state index is 0.0304. The summed E-state index contributed by atoms with van der Waals surface area (Å²) < 4.78 is 9.50. The Hall–Kier alpha value is -1.94. The fourth-order valence-electron chi connectivity index (χ4n) is 0.826. The Kier molecular flexibility index (Phi) is 6.47. The highest BCUT2D eigenvalue weighted by Gasteiger charge is 2.15. The van der Waals surface area contributed by atoms with Gasteiger partial charge in [-0.3, -0.25) is 0 Å². The van der Waals surface area contributed by atoms with E-state index in [1.165, 1.54) is 0 Å². The van der Waals surface area contributed by atoms with Crippen molar-refractivity contribution in [1.82, 2.24) is 0 Å². The Balaban J connectivity index is 3.87. The summed E-state index contributed by atoms with van der Waals surface area (Å²) in [5.74, 6) is 2.36. The van der Waals surface area contributed by atoms with Gasteiger partial charge in [0.05, 0.1) is 13.2 Å². The molecular weight excluding hydrogens is 208 g/mol. The van der Waals surface area contributed by atoms with E-state index in [2.05, 4.69) is 0 Å².